The molecule has 1 N–H and O–H groups in total. The molecule has 0 bridgehead atoms. The van der Waals surface area contributed by atoms with E-state index in [0.29, 0.717) is 16.5 Å². The van der Waals surface area contributed by atoms with Crippen LogP contribution < -0.4 is 4.72 Å². The molecule has 3 nitrogen and oxygen atoms in total. The molecule has 0 unspecified atom stereocenters. The highest BCUT2D eigenvalue weighted by molar-refractivity contribution is 8.20. The van der Waals surface area contributed by atoms with Crippen LogP contribution in [0, 0.1) is 0 Å². The van der Waals surface area contributed by atoms with Crippen LogP contribution in [0.5, 0.6) is 0 Å². The van der Waals surface area contributed by atoms with Crippen molar-refractivity contribution >= 4 is 45.1 Å². The van der Waals surface area contributed by atoms with E-state index in [4.69, 9.17) is 11.6 Å². The maximum Gasteiger partial charge on any atom is 0.241 e. The maximum atomic E-state index is 12.0. The summed E-state index contributed by atoms with van der Waals surface area (Å²) in [6, 6.07) is 5.08. The fourth-order valence-electron chi connectivity index (χ4n) is 2.16. The van der Waals surface area contributed by atoms with Crippen molar-refractivity contribution < 1.29 is 8.42 Å². The van der Waals surface area contributed by atoms with Crippen molar-refractivity contribution in [2.45, 2.75) is 8.97 Å². The summed E-state index contributed by atoms with van der Waals surface area (Å²) in [5, 5.41) is 0.550. The second-order valence-electron chi connectivity index (χ2n) is 3.89. The van der Waals surface area contributed by atoms with Crippen LogP contribution in [-0.4, -0.2) is 26.5 Å². The van der Waals surface area contributed by atoms with Crippen LogP contribution in [0.3, 0.4) is 0 Å². The lowest BCUT2D eigenvalue weighted by Gasteiger charge is -2.34. The van der Waals surface area contributed by atoms with Gasteiger partial charge in [0.25, 0.3) is 0 Å². The molecule has 1 spiro atoms. The van der Waals surface area contributed by atoms with Crippen molar-refractivity contribution in [3.8, 4) is 0 Å². The van der Waals surface area contributed by atoms with Crippen LogP contribution >= 0.6 is 35.1 Å². The van der Waals surface area contributed by atoms with Gasteiger partial charge >= 0.3 is 0 Å². The molecule has 0 amide bonds. The van der Waals surface area contributed by atoms with Gasteiger partial charge in [-0.25, -0.2) is 13.1 Å². The molecule has 2 aliphatic rings. The minimum absolute atomic E-state index is 0.237. The molecule has 7 heteroatoms. The third-order valence-electron chi connectivity index (χ3n) is 2.89. The maximum absolute atomic E-state index is 12.0. The van der Waals surface area contributed by atoms with Crippen molar-refractivity contribution in [1.82, 2.24) is 4.72 Å². The van der Waals surface area contributed by atoms with Gasteiger partial charge in [0.05, 0.1) is 4.90 Å². The number of halogens is 1. The minimum Gasteiger partial charge on any atom is -0.209 e. The molecular formula is C10H10ClNO2S3. The zero-order valence-corrected chi connectivity index (χ0v) is 12.0. The molecule has 1 fully saturated rings. The third-order valence-corrected chi connectivity index (χ3v) is 8.06. The fourth-order valence-corrected chi connectivity index (χ4v) is 7.58. The molecular weight excluding hydrogens is 298 g/mol. The highest BCUT2D eigenvalue weighted by Crippen LogP contribution is 2.56. The van der Waals surface area contributed by atoms with Crippen molar-refractivity contribution in [3.63, 3.8) is 0 Å². The van der Waals surface area contributed by atoms with Crippen LogP contribution in [0.15, 0.2) is 23.1 Å². The summed E-state index contributed by atoms with van der Waals surface area (Å²) in [5.74, 6) is 2.05. The van der Waals surface area contributed by atoms with Gasteiger partial charge < -0.3 is 0 Å². The summed E-state index contributed by atoms with van der Waals surface area (Å²) in [7, 11) is -3.39. The molecule has 92 valence electrons. The van der Waals surface area contributed by atoms with E-state index in [1.54, 1.807) is 41.7 Å². The molecule has 0 aliphatic carbocycles. The van der Waals surface area contributed by atoms with Gasteiger partial charge in [-0.2, -0.15) is 0 Å². The zero-order chi connectivity index (χ0) is 12.1. The Morgan fingerprint density at radius 1 is 1.29 bits per heavy atom. The fraction of sp³-hybridized carbons (Fsp3) is 0.400. The Labute approximate surface area is 114 Å². The molecule has 0 radical (unpaired) electrons. The number of sulfonamides is 1. The molecule has 2 aliphatic heterocycles. The summed E-state index contributed by atoms with van der Waals surface area (Å²) >= 11 is 9.77. The standard InChI is InChI=1S/C10H10ClNO2S3/c11-7-2-1-3-8-9(7)10(15-4-5-16-10)6-12-17(8,13)14/h1-3,12H,4-6H2. The molecule has 1 aromatic carbocycles. The van der Waals surface area contributed by atoms with Gasteiger partial charge in [0.2, 0.25) is 10.0 Å². The number of thioether (sulfide) groups is 2. The summed E-state index contributed by atoms with van der Waals surface area (Å²) in [5.41, 5.74) is 0.771. The van der Waals surface area contributed by atoms with Crippen molar-refractivity contribution in [1.29, 1.82) is 0 Å². The van der Waals surface area contributed by atoms with Crippen molar-refractivity contribution in [2.24, 2.45) is 0 Å². The van der Waals surface area contributed by atoms with E-state index in [2.05, 4.69) is 4.72 Å². The SMILES string of the molecule is O=S1(=O)NCC2(SCCS2)c2c(Cl)cccc21. The van der Waals surface area contributed by atoms with Crippen LogP contribution in [0.4, 0.5) is 0 Å². The highest BCUT2D eigenvalue weighted by Gasteiger charge is 2.46. The average Bonchev–Trinajstić information content (AvgIpc) is 2.74. The predicted octanol–water partition coefficient (Wildman–Crippen LogP) is 2.26. The molecule has 3 rings (SSSR count). The number of rotatable bonds is 0. The third kappa shape index (κ3) is 1.81. The minimum atomic E-state index is -3.39. The molecule has 2 heterocycles. The van der Waals surface area contributed by atoms with E-state index in [1.807, 2.05) is 0 Å². The first-order valence-corrected chi connectivity index (χ1v) is 8.95. The number of fused-ring (bicyclic) bond motifs is 2. The van der Waals surface area contributed by atoms with Gasteiger partial charge in [-0.15, -0.1) is 23.5 Å². The lowest BCUT2D eigenvalue weighted by atomic mass is 10.1. The molecule has 1 saturated heterocycles. The first-order valence-electron chi connectivity index (χ1n) is 5.12. The molecule has 1 aromatic rings. The van der Waals surface area contributed by atoms with Crippen molar-refractivity contribution in [2.75, 3.05) is 18.1 Å². The second kappa shape index (κ2) is 4.06. The topological polar surface area (TPSA) is 46.2 Å². The molecule has 0 saturated carbocycles. The van der Waals surface area contributed by atoms with Gasteiger partial charge in [0, 0.05) is 28.6 Å². The van der Waals surface area contributed by atoms with Gasteiger partial charge in [0.15, 0.2) is 0 Å². The summed E-state index contributed by atoms with van der Waals surface area (Å²) in [6.45, 7) is 0.418. The Hall–Kier alpha value is 0.120. The first-order chi connectivity index (χ1) is 8.05. The molecule has 0 atom stereocenters. The predicted molar refractivity (Wildman–Crippen MR) is 73.2 cm³/mol. The van der Waals surface area contributed by atoms with E-state index in [-0.39, 0.29) is 4.08 Å². The van der Waals surface area contributed by atoms with Gasteiger partial charge in [-0.3, -0.25) is 0 Å². The normalized spacial score (nSPS) is 24.8. The highest BCUT2D eigenvalue weighted by atomic mass is 35.5. The quantitative estimate of drug-likeness (QED) is 0.798. The van der Waals surface area contributed by atoms with E-state index in [9.17, 15) is 8.42 Å². The van der Waals surface area contributed by atoms with Crippen LogP contribution in [0.25, 0.3) is 0 Å². The number of nitrogens with one attached hydrogen (secondary N) is 1. The van der Waals surface area contributed by atoms with Gasteiger partial charge in [-0.05, 0) is 12.1 Å². The average molecular weight is 308 g/mol. The van der Waals surface area contributed by atoms with Crippen molar-refractivity contribution in [3.05, 3.63) is 28.8 Å². The van der Waals surface area contributed by atoms with E-state index < -0.39 is 10.0 Å². The number of benzene rings is 1. The second-order valence-corrected chi connectivity index (χ2v) is 9.08. The Bertz CT molecular complexity index is 567. The number of hydrogen-bond acceptors (Lipinski definition) is 4. The number of hydrogen-bond donors (Lipinski definition) is 1. The van der Waals surface area contributed by atoms with Crippen LogP contribution in [0.2, 0.25) is 5.02 Å². The molecule has 0 aromatic heterocycles. The van der Waals surface area contributed by atoms with Crippen LogP contribution in [-0.2, 0) is 14.1 Å². The first kappa shape index (κ1) is 12.2. The smallest absolute Gasteiger partial charge is 0.209 e. The Morgan fingerprint density at radius 2 is 2.00 bits per heavy atom. The summed E-state index contributed by atoms with van der Waals surface area (Å²) in [6.07, 6.45) is 0. The zero-order valence-electron chi connectivity index (χ0n) is 8.77. The van der Waals surface area contributed by atoms with E-state index in [0.717, 1.165) is 17.1 Å². The van der Waals surface area contributed by atoms with Crippen LogP contribution in [0.1, 0.15) is 5.56 Å². The summed E-state index contributed by atoms with van der Waals surface area (Å²) in [4.78, 5) is 0.332. The largest absolute Gasteiger partial charge is 0.241 e. The van der Waals surface area contributed by atoms with Gasteiger partial charge in [0.1, 0.15) is 4.08 Å². The lowest BCUT2D eigenvalue weighted by molar-refractivity contribution is 0.568. The Morgan fingerprint density at radius 3 is 2.71 bits per heavy atom. The van der Waals surface area contributed by atoms with Gasteiger partial charge in [-0.1, -0.05) is 17.7 Å². The molecule has 17 heavy (non-hydrogen) atoms. The summed E-state index contributed by atoms with van der Waals surface area (Å²) < 4.78 is 26.4. The van der Waals surface area contributed by atoms with E-state index in [1.165, 1.54) is 0 Å². The monoisotopic (exact) mass is 307 g/mol. The Balaban J connectivity index is 2.29. The Kier molecular flexibility index (Phi) is 2.91. The van der Waals surface area contributed by atoms with E-state index >= 15 is 0 Å². The lowest BCUT2D eigenvalue weighted by Crippen LogP contribution is -2.42.